The number of aryl methyl sites for hydroxylation is 1. The number of piperidine rings is 1. The summed E-state index contributed by atoms with van der Waals surface area (Å²) in [5.41, 5.74) is 6.70. The van der Waals surface area contributed by atoms with E-state index in [0.717, 1.165) is 71.2 Å². The third-order valence-electron chi connectivity index (χ3n) is 7.14. The molecule has 0 unspecified atom stereocenters. The first kappa shape index (κ1) is 23.6. The molecule has 178 valence electrons. The van der Waals surface area contributed by atoms with Gasteiger partial charge in [0.25, 0.3) is 0 Å². The highest BCUT2D eigenvalue weighted by Crippen LogP contribution is 2.24. The van der Waals surface area contributed by atoms with Crippen LogP contribution in [0.4, 0.5) is 5.69 Å². The second-order valence-corrected chi connectivity index (χ2v) is 9.42. The highest BCUT2D eigenvalue weighted by Gasteiger charge is 2.21. The minimum atomic E-state index is -0.112. The van der Waals surface area contributed by atoms with Gasteiger partial charge in [0.05, 0.1) is 6.10 Å². The van der Waals surface area contributed by atoms with Crippen LogP contribution < -0.4 is 10.2 Å². The minimum absolute atomic E-state index is 0.112. The fraction of sp³-hybridized carbons (Fsp3) is 0.519. The van der Waals surface area contributed by atoms with E-state index in [-0.39, 0.29) is 6.10 Å². The van der Waals surface area contributed by atoms with Gasteiger partial charge < -0.3 is 20.2 Å². The average molecular weight is 450 g/mol. The maximum Gasteiger partial charge on any atom is 0.194 e. The van der Waals surface area contributed by atoms with E-state index in [4.69, 9.17) is 0 Å². The molecule has 6 nitrogen and oxygen atoms in total. The fourth-order valence-electron chi connectivity index (χ4n) is 4.85. The van der Waals surface area contributed by atoms with Gasteiger partial charge in [0.2, 0.25) is 0 Å². The number of nitrogens with zero attached hydrogens (tertiary/aromatic N) is 4. The van der Waals surface area contributed by atoms with E-state index in [1.807, 2.05) is 7.05 Å². The quantitative estimate of drug-likeness (QED) is 0.543. The van der Waals surface area contributed by atoms with Crippen molar-refractivity contribution in [1.29, 1.82) is 0 Å². The van der Waals surface area contributed by atoms with Crippen LogP contribution >= 0.6 is 0 Å². The maximum atomic E-state index is 9.68. The second kappa shape index (κ2) is 11.0. The lowest BCUT2D eigenvalue weighted by Crippen LogP contribution is -2.52. The Bertz CT molecular complexity index is 926. The van der Waals surface area contributed by atoms with Crippen LogP contribution in [-0.2, 0) is 13.1 Å². The van der Waals surface area contributed by atoms with E-state index in [2.05, 4.69) is 81.3 Å². The summed E-state index contributed by atoms with van der Waals surface area (Å²) < 4.78 is 0. The largest absolute Gasteiger partial charge is 0.393 e. The number of nitrogens with one attached hydrogen (secondary N) is 1. The lowest BCUT2D eigenvalue weighted by molar-refractivity contribution is 0.0792. The summed E-state index contributed by atoms with van der Waals surface area (Å²) in [4.78, 5) is 11.8. The van der Waals surface area contributed by atoms with E-state index in [1.165, 1.54) is 27.9 Å². The number of benzene rings is 2. The van der Waals surface area contributed by atoms with Crippen LogP contribution in [0.5, 0.6) is 0 Å². The Morgan fingerprint density at radius 1 is 0.939 bits per heavy atom. The predicted octanol–water partition coefficient (Wildman–Crippen LogP) is 3.16. The number of guanidine groups is 1. The van der Waals surface area contributed by atoms with Gasteiger partial charge in [-0.3, -0.25) is 9.89 Å². The van der Waals surface area contributed by atoms with Crippen LogP contribution in [0.2, 0.25) is 0 Å². The zero-order chi connectivity index (χ0) is 23.2. The molecule has 0 spiro atoms. The van der Waals surface area contributed by atoms with Crippen molar-refractivity contribution in [3.8, 4) is 0 Å². The summed E-state index contributed by atoms with van der Waals surface area (Å²) in [5.74, 6) is 0.978. The van der Waals surface area contributed by atoms with E-state index >= 15 is 0 Å². The molecule has 2 fully saturated rings. The fourth-order valence-corrected chi connectivity index (χ4v) is 4.85. The average Bonchev–Trinajstić information content (AvgIpc) is 2.84. The SMILES string of the molecule is CN=C(NCc1ccc(CN2CCC(O)CC2)cc1)N1CCN(c2cccc(C)c2C)CC1. The molecule has 33 heavy (non-hydrogen) atoms. The smallest absolute Gasteiger partial charge is 0.194 e. The molecule has 0 saturated carbocycles. The zero-order valence-corrected chi connectivity index (χ0v) is 20.4. The topological polar surface area (TPSA) is 54.3 Å². The van der Waals surface area contributed by atoms with Gasteiger partial charge in [0.1, 0.15) is 0 Å². The number of hydrogen-bond donors (Lipinski definition) is 2. The lowest BCUT2D eigenvalue weighted by Gasteiger charge is -2.38. The van der Waals surface area contributed by atoms with Gasteiger partial charge in [0, 0.05) is 65.1 Å². The summed E-state index contributed by atoms with van der Waals surface area (Å²) in [6.45, 7) is 12.1. The summed E-state index contributed by atoms with van der Waals surface area (Å²) in [6.07, 6.45) is 1.67. The molecule has 2 saturated heterocycles. The van der Waals surface area contributed by atoms with Crippen molar-refractivity contribution in [2.24, 2.45) is 4.99 Å². The summed E-state index contributed by atoms with van der Waals surface area (Å²) in [7, 11) is 1.87. The maximum absolute atomic E-state index is 9.68. The van der Waals surface area contributed by atoms with Crippen LogP contribution in [0.25, 0.3) is 0 Å². The Morgan fingerprint density at radius 3 is 2.27 bits per heavy atom. The Hall–Kier alpha value is -2.57. The van der Waals surface area contributed by atoms with Gasteiger partial charge in [-0.25, -0.2) is 0 Å². The number of aliphatic hydroxyl groups excluding tert-OH is 1. The summed E-state index contributed by atoms with van der Waals surface area (Å²) in [6, 6.07) is 15.5. The monoisotopic (exact) mass is 449 g/mol. The minimum Gasteiger partial charge on any atom is -0.393 e. The Kier molecular flexibility index (Phi) is 7.89. The molecule has 0 aliphatic carbocycles. The van der Waals surface area contributed by atoms with Crippen molar-refractivity contribution in [2.45, 2.75) is 45.9 Å². The molecule has 0 atom stereocenters. The van der Waals surface area contributed by atoms with Crippen molar-refractivity contribution < 1.29 is 5.11 Å². The van der Waals surface area contributed by atoms with Crippen LogP contribution in [0.1, 0.15) is 35.1 Å². The number of aliphatic imine (C=N–C) groups is 1. The standard InChI is InChI=1S/C27H39N5O/c1-21-5-4-6-26(22(21)2)31-15-17-32(18-16-31)27(28-3)29-19-23-7-9-24(10-8-23)20-30-13-11-25(33)12-14-30/h4-10,25,33H,11-20H2,1-3H3,(H,28,29). The molecule has 0 bridgehead atoms. The molecule has 0 amide bonds. The Labute approximate surface area is 198 Å². The summed E-state index contributed by atoms with van der Waals surface area (Å²) in [5, 5.41) is 13.2. The van der Waals surface area contributed by atoms with Crippen molar-refractivity contribution in [2.75, 3.05) is 51.2 Å². The Balaban J connectivity index is 1.25. The lowest BCUT2D eigenvalue weighted by atomic mass is 10.1. The first-order valence-corrected chi connectivity index (χ1v) is 12.3. The molecule has 2 aliphatic heterocycles. The summed E-state index contributed by atoms with van der Waals surface area (Å²) >= 11 is 0. The first-order valence-electron chi connectivity index (χ1n) is 12.3. The van der Waals surface area contributed by atoms with Gasteiger partial charge in [0.15, 0.2) is 5.96 Å². The highest BCUT2D eigenvalue weighted by atomic mass is 16.3. The molecule has 4 rings (SSSR count). The van der Waals surface area contributed by atoms with Crippen molar-refractivity contribution in [3.63, 3.8) is 0 Å². The van der Waals surface area contributed by atoms with Gasteiger partial charge in [-0.15, -0.1) is 0 Å². The van der Waals surface area contributed by atoms with Gasteiger partial charge in [-0.05, 0) is 55.0 Å². The predicted molar refractivity (Wildman–Crippen MR) is 137 cm³/mol. The Morgan fingerprint density at radius 2 is 1.61 bits per heavy atom. The zero-order valence-electron chi connectivity index (χ0n) is 20.4. The molecule has 6 heteroatoms. The van der Waals surface area contributed by atoms with E-state index in [9.17, 15) is 5.11 Å². The first-order chi connectivity index (χ1) is 16.0. The second-order valence-electron chi connectivity index (χ2n) is 9.42. The third-order valence-corrected chi connectivity index (χ3v) is 7.14. The number of piperazine rings is 1. The van der Waals surface area contributed by atoms with Crippen molar-refractivity contribution in [1.82, 2.24) is 15.1 Å². The molecule has 2 aromatic carbocycles. The molecule has 2 aliphatic rings. The van der Waals surface area contributed by atoms with Gasteiger partial charge in [-0.2, -0.15) is 0 Å². The van der Waals surface area contributed by atoms with E-state index in [1.54, 1.807) is 0 Å². The number of hydrogen-bond acceptors (Lipinski definition) is 4. The van der Waals surface area contributed by atoms with Crippen LogP contribution in [0.3, 0.4) is 0 Å². The van der Waals surface area contributed by atoms with Gasteiger partial charge in [-0.1, -0.05) is 36.4 Å². The molecular formula is C27H39N5O. The van der Waals surface area contributed by atoms with Crippen LogP contribution in [-0.4, -0.2) is 73.3 Å². The molecule has 0 aromatic heterocycles. The molecule has 2 N–H and O–H groups in total. The van der Waals surface area contributed by atoms with E-state index < -0.39 is 0 Å². The molecule has 2 heterocycles. The molecule has 0 radical (unpaired) electrons. The molecular weight excluding hydrogens is 410 g/mol. The van der Waals surface area contributed by atoms with Gasteiger partial charge >= 0.3 is 0 Å². The highest BCUT2D eigenvalue weighted by molar-refractivity contribution is 5.80. The number of likely N-dealkylation sites (tertiary alicyclic amines) is 1. The number of anilines is 1. The normalized spacial score (nSPS) is 18.6. The number of rotatable bonds is 5. The van der Waals surface area contributed by atoms with Crippen molar-refractivity contribution in [3.05, 3.63) is 64.7 Å². The third kappa shape index (κ3) is 6.06. The van der Waals surface area contributed by atoms with Crippen molar-refractivity contribution >= 4 is 11.6 Å². The number of aliphatic hydroxyl groups is 1. The van der Waals surface area contributed by atoms with Crippen LogP contribution in [0.15, 0.2) is 47.5 Å². The molecule has 2 aromatic rings. The van der Waals surface area contributed by atoms with Crippen LogP contribution in [0, 0.1) is 13.8 Å². The van der Waals surface area contributed by atoms with E-state index in [0.29, 0.717) is 0 Å².